The number of sulfonamides is 1. The minimum Gasteiger partial charge on any atom is -0.222 e. The predicted octanol–water partition coefficient (Wildman–Crippen LogP) is 2.90. The van der Waals surface area contributed by atoms with Crippen LogP contribution in [0.2, 0.25) is 0 Å². The van der Waals surface area contributed by atoms with E-state index >= 15 is 0 Å². The molecule has 0 aliphatic rings. The fourth-order valence-corrected chi connectivity index (χ4v) is 6.37. The SMILES string of the molecule is CCCS(=O)(=O)NC[C@@H](c1ccc(C)cc1)S(=O)(=O)c1cccs1. The largest absolute Gasteiger partial charge is 0.222 e. The molecule has 1 aromatic heterocycles. The summed E-state index contributed by atoms with van der Waals surface area (Å²) in [6, 6.07) is 10.3. The molecule has 2 aromatic rings. The van der Waals surface area contributed by atoms with Crippen LogP contribution < -0.4 is 4.72 Å². The molecule has 24 heavy (non-hydrogen) atoms. The van der Waals surface area contributed by atoms with Gasteiger partial charge < -0.3 is 0 Å². The summed E-state index contributed by atoms with van der Waals surface area (Å²) in [5, 5.41) is 0.740. The maximum Gasteiger partial charge on any atom is 0.211 e. The van der Waals surface area contributed by atoms with Gasteiger partial charge in [0.05, 0.1) is 5.75 Å². The van der Waals surface area contributed by atoms with Gasteiger partial charge in [-0.3, -0.25) is 0 Å². The molecule has 1 atom stereocenters. The average Bonchev–Trinajstić information content (AvgIpc) is 3.04. The van der Waals surface area contributed by atoms with Crippen LogP contribution in [0.1, 0.15) is 29.7 Å². The van der Waals surface area contributed by atoms with E-state index in [1.54, 1.807) is 36.6 Å². The first-order chi connectivity index (χ1) is 11.3. The molecule has 0 saturated heterocycles. The first kappa shape index (κ1) is 19.1. The number of sulfone groups is 1. The molecule has 0 fully saturated rings. The number of thiophene rings is 1. The Kier molecular flexibility index (Phi) is 6.19. The third-order valence-corrected chi connectivity index (χ3v) is 8.64. The van der Waals surface area contributed by atoms with Gasteiger partial charge in [-0.2, -0.15) is 0 Å². The van der Waals surface area contributed by atoms with E-state index in [9.17, 15) is 16.8 Å². The molecular formula is C16H21NO4S3. The molecule has 1 N–H and O–H groups in total. The van der Waals surface area contributed by atoms with Crippen molar-refractivity contribution < 1.29 is 16.8 Å². The lowest BCUT2D eigenvalue weighted by atomic mass is 10.1. The molecule has 0 amide bonds. The predicted molar refractivity (Wildman–Crippen MR) is 97.5 cm³/mol. The summed E-state index contributed by atoms with van der Waals surface area (Å²) in [6.45, 7) is 3.50. The molecular weight excluding hydrogens is 366 g/mol. The van der Waals surface area contributed by atoms with Crippen molar-refractivity contribution in [3.63, 3.8) is 0 Å². The number of hydrogen-bond donors (Lipinski definition) is 1. The second-order valence-corrected chi connectivity index (χ2v) is 10.8. The van der Waals surface area contributed by atoms with Gasteiger partial charge in [-0.15, -0.1) is 11.3 Å². The Labute approximate surface area is 147 Å². The molecule has 5 nitrogen and oxygen atoms in total. The number of benzene rings is 1. The molecule has 0 unspecified atom stereocenters. The maximum absolute atomic E-state index is 12.9. The second kappa shape index (κ2) is 7.77. The molecule has 132 valence electrons. The Morgan fingerprint density at radius 2 is 1.75 bits per heavy atom. The van der Waals surface area contributed by atoms with E-state index < -0.39 is 25.1 Å². The van der Waals surface area contributed by atoms with Gasteiger partial charge in [-0.1, -0.05) is 42.8 Å². The van der Waals surface area contributed by atoms with E-state index in [1.807, 2.05) is 19.1 Å². The van der Waals surface area contributed by atoms with Crippen molar-refractivity contribution >= 4 is 31.2 Å². The second-order valence-electron chi connectivity index (χ2n) is 5.54. The van der Waals surface area contributed by atoms with Crippen molar-refractivity contribution in [2.24, 2.45) is 0 Å². The van der Waals surface area contributed by atoms with Crippen molar-refractivity contribution in [2.45, 2.75) is 29.7 Å². The summed E-state index contributed by atoms with van der Waals surface area (Å²) in [4.78, 5) is 0. The van der Waals surface area contributed by atoms with Gasteiger partial charge in [-0.25, -0.2) is 21.6 Å². The highest BCUT2D eigenvalue weighted by atomic mass is 32.2. The van der Waals surface area contributed by atoms with Crippen molar-refractivity contribution in [3.05, 3.63) is 52.9 Å². The molecule has 0 saturated carbocycles. The van der Waals surface area contributed by atoms with Crippen molar-refractivity contribution in [3.8, 4) is 0 Å². The van der Waals surface area contributed by atoms with Gasteiger partial charge in [0.2, 0.25) is 10.0 Å². The zero-order valence-electron chi connectivity index (χ0n) is 13.6. The lowest BCUT2D eigenvalue weighted by Gasteiger charge is -2.18. The van der Waals surface area contributed by atoms with E-state index in [1.165, 1.54) is 0 Å². The van der Waals surface area contributed by atoms with E-state index in [-0.39, 0.29) is 16.5 Å². The van der Waals surface area contributed by atoms with E-state index in [4.69, 9.17) is 0 Å². The minimum atomic E-state index is -3.67. The molecule has 0 aliphatic heterocycles. The quantitative estimate of drug-likeness (QED) is 0.755. The summed E-state index contributed by atoms with van der Waals surface area (Å²) >= 11 is 1.13. The van der Waals surface area contributed by atoms with Crippen LogP contribution in [0.4, 0.5) is 0 Å². The summed E-state index contributed by atoms with van der Waals surface area (Å²) in [6.07, 6.45) is 0.474. The van der Waals surface area contributed by atoms with E-state index in [2.05, 4.69) is 4.72 Å². The van der Waals surface area contributed by atoms with Crippen LogP contribution in [0, 0.1) is 6.92 Å². The van der Waals surface area contributed by atoms with Crippen LogP contribution in [0.3, 0.4) is 0 Å². The number of aryl methyl sites for hydroxylation is 1. The van der Waals surface area contributed by atoms with Crippen LogP contribution >= 0.6 is 11.3 Å². The van der Waals surface area contributed by atoms with E-state index in [0.29, 0.717) is 12.0 Å². The number of nitrogens with one attached hydrogen (secondary N) is 1. The first-order valence-electron chi connectivity index (χ1n) is 7.57. The van der Waals surface area contributed by atoms with Gasteiger partial charge in [0.25, 0.3) is 0 Å². The number of hydrogen-bond acceptors (Lipinski definition) is 5. The van der Waals surface area contributed by atoms with Crippen molar-refractivity contribution in [1.82, 2.24) is 4.72 Å². The Morgan fingerprint density at radius 1 is 1.08 bits per heavy atom. The molecule has 2 rings (SSSR count). The third-order valence-electron chi connectivity index (χ3n) is 3.56. The van der Waals surface area contributed by atoms with Gasteiger partial charge >= 0.3 is 0 Å². The van der Waals surface area contributed by atoms with Crippen molar-refractivity contribution in [1.29, 1.82) is 0 Å². The third kappa shape index (κ3) is 4.66. The normalized spacial score (nSPS) is 13.8. The van der Waals surface area contributed by atoms with Crippen LogP contribution in [-0.2, 0) is 19.9 Å². The van der Waals surface area contributed by atoms with Crippen LogP contribution in [0.25, 0.3) is 0 Å². The van der Waals surface area contributed by atoms with Crippen LogP contribution in [0.5, 0.6) is 0 Å². The highest BCUT2D eigenvalue weighted by Crippen LogP contribution is 2.31. The maximum atomic E-state index is 12.9. The standard InChI is InChI=1S/C16H21NO4S3/c1-3-11-23(18,19)17-12-15(14-8-6-13(2)7-9-14)24(20,21)16-5-4-10-22-16/h4-10,15,17H,3,11-12H2,1-2H3/t15-/m0/s1. The Bertz CT molecular complexity index is 855. The van der Waals surface area contributed by atoms with Gasteiger partial charge in [-0.05, 0) is 30.4 Å². The summed E-state index contributed by atoms with van der Waals surface area (Å²) in [5.74, 6) is -0.0212. The number of rotatable bonds is 8. The van der Waals surface area contributed by atoms with Crippen LogP contribution in [0.15, 0.2) is 46.0 Å². The molecule has 8 heteroatoms. The average molecular weight is 388 g/mol. The highest BCUT2D eigenvalue weighted by molar-refractivity contribution is 7.93. The fourth-order valence-electron chi connectivity index (χ4n) is 2.30. The Morgan fingerprint density at radius 3 is 2.29 bits per heavy atom. The van der Waals surface area contributed by atoms with Gasteiger partial charge in [0.15, 0.2) is 9.84 Å². The Balaban J connectivity index is 2.37. The summed E-state index contributed by atoms with van der Waals surface area (Å²) in [5.41, 5.74) is 1.59. The fraction of sp³-hybridized carbons (Fsp3) is 0.375. The molecule has 0 bridgehead atoms. The molecule has 1 aromatic carbocycles. The van der Waals surface area contributed by atoms with Gasteiger partial charge in [0, 0.05) is 6.54 Å². The topological polar surface area (TPSA) is 80.3 Å². The zero-order valence-corrected chi connectivity index (χ0v) is 16.0. The first-order valence-corrected chi connectivity index (χ1v) is 11.7. The molecule has 0 spiro atoms. The monoisotopic (exact) mass is 387 g/mol. The summed E-state index contributed by atoms with van der Waals surface area (Å²) < 4.78 is 52.4. The lowest BCUT2D eigenvalue weighted by molar-refractivity contribution is 0.569. The molecule has 1 heterocycles. The Hall–Kier alpha value is -1.22. The lowest BCUT2D eigenvalue weighted by Crippen LogP contribution is -2.33. The molecule has 0 radical (unpaired) electrons. The molecule has 0 aliphatic carbocycles. The van der Waals surface area contributed by atoms with Crippen LogP contribution in [-0.4, -0.2) is 29.1 Å². The van der Waals surface area contributed by atoms with E-state index in [0.717, 1.165) is 16.9 Å². The smallest absolute Gasteiger partial charge is 0.211 e. The van der Waals surface area contributed by atoms with Crippen molar-refractivity contribution in [2.75, 3.05) is 12.3 Å². The minimum absolute atomic E-state index is 0.0212. The summed E-state index contributed by atoms with van der Waals surface area (Å²) in [7, 11) is -7.15. The van der Waals surface area contributed by atoms with Gasteiger partial charge in [0.1, 0.15) is 9.46 Å². The zero-order chi connectivity index (χ0) is 17.8. The highest BCUT2D eigenvalue weighted by Gasteiger charge is 2.31.